The van der Waals surface area contributed by atoms with E-state index in [1.807, 2.05) is 43.3 Å². The molecule has 18 heavy (non-hydrogen) atoms. The van der Waals surface area contributed by atoms with E-state index in [2.05, 4.69) is 9.97 Å². The van der Waals surface area contributed by atoms with E-state index in [1.165, 1.54) is 0 Å². The average Bonchev–Trinajstić information content (AvgIpc) is 2.37. The number of nitrogens with zero attached hydrogens (tertiary/aromatic N) is 2. The SMILES string of the molecule is Cc1cc(CN)nc(COc2ccccc2)n1.Cl. The van der Waals surface area contributed by atoms with Crippen molar-refractivity contribution in [3.8, 4) is 5.75 Å². The van der Waals surface area contributed by atoms with Crippen molar-refractivity contribution in [2.24, 2.45) is 5.73 Å². The highest BCUT2D eigenvalue weighted by molar-refractivity contribution is 5.85. The molecule has 0 saturated heterocycles. The summed E-state index contributed by atoms with van der Waals surface area (Å²) in [4.78, 5) is 8.61. The number of ether oxygens (including phenoxy) is 1. The van der Waals surface area contributed by atoms with E-state index in [0.29, 0.717) is 19.0 Å². The summed E-state index contributed by atoms with van der Waals surface area (Å²) in [5.74, 6) is 1.47. The highest BCUT2D eigenvalue weighted by Gasteiger charge is 2.02. The number of rotatable bonds is 4. The minimum atomic E-state index is 0. The third-order valence-corrected chi connectivity index (χ3v) is 2.27. The monoisotopic (exact) mass is 265 g/mol. The van der Waals surface area contributed by atoms with Crippen molar-refractivity contribution >= 4 is 12.4 Å². The van der Waals surface area contributed by atoms with Crippen LogP contribution in [0.15, 0.2) is 36.4 Å². The molecule has 0 aliphatic rings. The van der Waals surface area contributed by atoms with Crippen LogP contribution in [0.2, 0.25) is 0 Å². The molecule has 0 aliphatic heterocycles. The number of hydrogen-bond donors (Lipinski definition) is 1. The molecule has 0 aliphatic carbocycles. The third-order valence-electron chi connectivity index (χ3n) is 2.27. The molecule has 0 atom stereocenters. The predicted molar refractivity (Wildman–Crippen MR) is 72.7 cm³/mol. The Balaban J connectivity index is 0.00000162. The van der Waals surface area contributed by atoms with Gasteiger partial charge in [0, 0.05) is 12.2 Å². The van der Waals surface area contributed by atoms with Gasteiger partial charge >= 0.3 is 0 Å². The molecule has 0 saturated carbocycles. The van der Waals surface area contributed by atoms with Gasteiger partial charge in [-0.05, 0) is 25.1 Å². The molecule has 0 radical (unpaired) electrons. The standard InChI is InChI=1S/C13H15N3O.ClH/c1-10-7-11(8-14)16-13(15-10)9-17-12-5-3-2-4-6-12;/h2-7H,8-9,14H2,1H3;1H. The Morgan fingerprint density at radius 1 is 1.17 bits per heavy atom. The Hall–Kier alpha value is -1.65. The zero-order valence-corrected chi connectivity index (χ0v) is 11.0. The van der Waals surface area contributed by atoms with Crippen molar-refractivity contribution in [2.45, 2.75) is 20.1 Å². The summed E-state index contributed by atoms with van der Waals surface area (Å²) in [5.41, 5.74) is 7.31. The van der Waals surface area contributed by atoms with Crippen molar-refractivity contribution in [2.75, 3.05) is 0 Å². The molecule has 0 unspecified atom stereocenters. The van der Waals surface area contributed by atoms with Crippen molar-refractivity contribution in [1.29, 1.82) is 0 Å². The molecule has 1 heterocycles. The third kappa shape index (κ3) is 3.98. The quantitative estimate of drug-likeness (QED) is 0.921. The molecule has 0 fully saturated rings. The second kappa shape index (κ2) is 6.93. The van der Waals surface area contributed by atoms with Gasteiger partial charge < -0.3 is 10.5 Å². The highest BCUT2D eigenvalue weighted by atomic mass is 35.5. The first-order chi connectivity index (χ1) is 8.28. The van der Waals surface area contributed by atoms with Crippen LogP contribution in [0.25, 0.3) is 0 Å². The maximum Gasteiger partial charge on any atom is 0.166 e. The maximum atomic E-state index is 5.58. The van der Waals surface area contributed by atoms with E-state index >= 15 is 0 Å². The fourth-order valence-electron chi connectivity index (χ4n) is 1.53. The first-order valence-electron chi connectivity index (χ1n) is 5.49. The summed E-state index contributed by atoms with van der Waals surface area (Å²) >= 11 is 0. The first kappa shape index (κ1) is 14.4. The second-order valence-corrected chi connectivity index (χ2v) is 3.72. The highest BCUT2D eigenvalue weighted by Crippen LogP contribution is 2.10. The molecule has 4 nitrogen and oxygen atoms in total. The van der Waals surface area contributed by atoms with Gasteiger partial charge in [-0.25, -0.2) is 9.97 Å². The van der Waals surface area contributed by atoms with Crippen molar-refractivity contribution < 1.29 is 4.74 Å². The Morgan fingerprint density at radius 3 is 2.56 bits per heavy atom. The van der Waals surface area contributed by atoms with Crippen molar-refractivity contribution in [1.82, 2.24) is 9.97 Å². The first-order valence-corrected chi connectivity index (χ1v) is 5.49. The summed E-state index contributed by atoms with van der Waals surface area (Å²) in [6.07, 6.45) is 0. The van der Waals surface area contributed by atoms with Gasteiger partial charge in [-0.3, -0.25) is 0 Å². The van der Waals surface area contributed by atoms with Crippen molar-refractivity contribution in [3.63, 3.8) is 0 Å². The number of para-hydroxylation sites is 1. The van der Waals surface area contributed by atoms with E-state index in [0.717, 1.165) is 17.1 Å². The van der Waals surface area contributed by atoms with Crippen LogP contribution in [0.1, 0.15) is 17.2 Å². The lowest BCUT2D eigenvalue weighted by Gasteiger charge is -2.06. The van der Waals surface area contributed by atoms with Gasteiger partial charge in [-0.1, -0.05) is 18.2 Å². The van der Waals surface area contributed by atoms with Crippen LogP contribution in [-0.2, 0) is 13.2 Å². The van der Waals surface area contributed by atoms with Gasteiger partial charge in [-0.2, -0.15) is 0 Å². The van der Waals surface area contributed by atoms with E-state index in [9.17, 15) is 0 Å². The van der Waals surface area contributed by atoms with Gasteiger partial charge in [0.2, 0.25) is 0 Å². The average molecular weight is 266 g/mol. The summed E-state index contributed by atoms with van der Waals surface area (Å²) in [6, 6.07) is 11.5. The Morgan fingerprint density at radius 2 is 1.89 bits per heavy atom. The number of benzene rings is 1. The zero-order valence-electron chi connectivity index (χ0n) is 10.2. The molecule has 96 valence electrons. The minimum absolute atomic E-state index is 0. The van der Waals surface area contributed by atoms with Gasteiger partial charge in [-0.15, -0.1) is 12.4 Å². The van der Waals surface area contributed by atoms with Gasteiger partial charge in [0.25, 0.3) is 0 Å². The van der Waals surface area contributed by atoms with Crippen LogP contribution in [0, 0.1) is 6.92 Å². The maximum absolute atomic E-state index is 5.58. The van der Waals surface area contributed by atoms with Crippen molar-refractivity contribution in [3.05, 3.63) is 53.6 Å². The zero-order chi connectivity index (χ0) is 12.1. The molecule has 2 rings (SSSR count). The van der Waals surface area contributed by atoms with E-state index in [-0.39, 0.29) is 12.4 Å². The number of halogens is 1. The van der Waals surface area contributed by atoms with Crippen LogP contribution >= 0.6 is 12.4 Å². The predicted octanol–water partition coefficient (Wildman–Crippen LogP) is 2.24. The van der Waals surface area contributed by atoms with Crippen LogP contribution in [0.3, 0.4) is 0 Å². The van der Waals surface area contributed by atoms with Crippen LogP contribution in [0.5, 0.6) is 5.75 Å². The summed E-state index contributed by atoms with van der Waals surface area (Å²) in [6.45, 7) is 2.70. The van der Waals surface area contributed by atoms with E-state index in [1.54, 1.807) is 0 Å². The fourth-order valence-corrected chi connectivity index (χ4v) is 1.53. The molecule has 0 bridgehead atoms. The number of aromatic nitrogens is 2. The van der Waals surface area contributed by atoms with Gasteiger partial charge in [0.1, 0.15) is 12.4 Å². The molecule has 1 aromatic carbocycles. The topological polar surface area (TPSA) is 61.0 Å². The molecular formula is C13H16ClN3O. The molecule has 5 heteroatoms. The smallest absolute Gasteiger partial charge is 0.166 e. The molecule has 2 aromatic rings. The van der Waals surface area contributed by atoms with Crippen LogP contribution in [-0.4, -0.2) is 9.97 Å². The fraction of sp³-hybridized carbons (Fsp3) is 0.231. The van der Waals surface area contributed by atoms with Gasteiger partial charge in [0.15, 0.2) is 5.82 Å². The number of nitrogens with two attached hydrogens (primary N) is 1. The molecule has 2 N–H and O–H groups in total. The van der Waals surface area contributed by atoms with Crippen LogP contribution < -0.4 is 10.5 Å². The van der Waals surface area contributed by atoms with Gasteiger partial charge in [0.05, 0.1) is 5.69 Å². The Kier molecular flexibility index (Phi) is 5.55. The number of aryl methyl sites for hydroxylation is 1. The largest absolute Gasteiger partial charge is 0.486 e. The molecular weight excluding hydrogens is 250 g/mol. The second-order valence-electron chi connectivity index (χ2n) is 3.72. The lowest BCUT2D eigenvalue weighted by Crippen LogP contribution is -2.08. The lowest BCUT2D eigenvalue weighted by atomic mass is 10.3. The lowest BCUT2D eigenvalue weighted by molar-refractivity contribution is 0.295. The van der Waals surface area contributed by atoms with E-state index in [4.69, 9.17) is 10.5 Å². The molecule has 0 amide bonds. The summed E-state index contributed by atoms with van der Waals surface area (Å²) < 4.78 is 5.58. The molecule has 1 aromatic heterocycles. The van der Waals surface area contributed by atoms with E-state index < -0.39 is 0 Å². The van der Waals surface area contributed by atoms with Crippen LogP contribution in [0.4, 0.5) is 0 Å². The Bertz CT molecular complexity index is 491. The number of hydrogen-bond acceptors (Lipinski definition) is 4. The molecule has 0 spiro atoms. The summed E-state index contributed by atoms with van der Waals surface area (Å²) in [7, 11) is 0. The Labute approximate surface area is 113 Å². The summed E-state index contributed by atoms with van der Waals surface area (Å²) in [5, 5.41) is 0. The minimum Gasteiger partial charge on any atom is -0.486 e. The normalized spacial score (nSPS) is 9.67.